The third kappa shape index (κ3) is 3.41. The van der Waals surface area contributed by atoms with Gasteiger partial charge in [0.2, 0.25) is 5.91 Å². The van der Waals surface area contributed by atoms with E-state index in [2.05, 4.69) is 28.1 Å². The number of aliphatic hydroxyl groups excluding tert-OH is 1. The average Bonchev–Trinajstić information content (AvgIpc) is 3.25. The molecule has 1 aliphatic carbocycles. The molecule has 1 fully saturated rings. The number of unbranched alkanes of at least 4 members (excludes halogenated alkanes) is 2. The smallest absolute Gasteiger partial charge is 0.232 e. The van der Waals surface area contributed by atoms with Crippen LogP contribution in [0.25, 0.3) is 0 Å². The molecule has 0 atom stereocenters. The number of aliphatic hydroxyl groups is 1. The van der Waals surface area contributed by atoms with E-state index in [-0.39, 0.29) is 17.9 Å². The number of benzene rings is 1. The summed E-state index contributed by atoms with van der Waals surface area (Å²) in [5.74, 6) is 0.240. The lowest BCUT2D eigenvalue weighted by molar-refractivity contribution is -0.132. The highest BCUT2D eigenvalue weighted by molar-refractivity contribution is 9.10. The number of halogens is 1. The Morgan fingerprint density at radius 1 is 1.25 bits per heavy atom. The van der Waals surface area contributed by atoms with Crippen LogP contribution in [0.2, 0.25) is 0 Å². The fourth-order valence-electron chi connectivity index (χ4n) is 2.62. The van der Waals surface area contributed by atoms with Crippen molar-refractivity contribution in [3.05, 3.63) is 34.3 Å². The highest BCUT2D eigenvalue weighted by Gasteiger charge is 2.52. The summed E-state index contributed by atoms with van der Waals surface area (Å²) in [6.07, 6.45) is 4.65. The third-order valence-corrected chi connectivity index (χ3v) is 4.58. The summed E-state index contributed by atoms with van der Waals surface area (Å²) in [5.41, 5.74) is 0.861. The van der Waals surface area contributed by atoms with Gasteiger partial charge < -0.3 is 10.0 Å². The summed E-state index contributed by atoms with van der Waals surface area (Å²) in [6.45, 7) is 1.01. The van der Waals surface area contributed by atoms with Crippen LogP contribution >= 0.6 is 15.9 Å². The van der Waals surface area contributed by atoms with Crippen molar-refractivity contribution in [3.63, 3.8) is 0 Å². The number of carbonyl (C=O) groups is 1. The Morgan fingerprint density at radius 2 is 1.90 bits per heavy atom. The molecule has 1 amide bonds. The fraction of sp³-hybridized carbons (Fsp3) is 0.562. The first-order valence-electron chi connectivity index (χ1n) is 7.22. The van der Waals surface area contributed by atoms with Crippen molar-refractivity contribution in [2.24, 2.45) is 0 Å². The molecule has 0 unspecified atom stereocenters. The van der Waals surface area contributed by atoms with Crippen molar-refractivity contribution in [2.75, 3.05) is 20.2 Å². The van der Waals surface area contributed by atoms with Gasteiger partial charge in [-0.3, -0.25) is 4.79 Å². The van der Waals surface area contributed by atoms with Crippen molar-refractivity contribution >= 4 is 21.8 Å². The molecule has 1 aromatic carbocycles. The summed E-state index contributed by atoms with van der Waals surface area (Å²) in [7, 11) is 1.89. The lowest BCUT2D eigenvalue weighted by Gasteiger charge is -2.24. The van der Waals surface area contributed by atoms with Crippen molar-refractivity contribution in [2.45, 2.75) is 37.5 Å². The monoisotopic (exact) mass is 339 g/mol. The average molecular weight is 340 g/mol. The Balaban J connectivity index is 1.95. The molecule has 3 nitrogen and oxygen atoms in total. The minimum atomic E-state index is -0.271. The van der Waals surface area contributed by atoms with Gasteiger partial charge in [-0.2, -0.15) is 0 Å². The Labute approximate surface area is 129 Å². The molecule has 0 aromatic heterocycles. The van der Waals surface area contributed by atoms with Crippen LogP contribution in [-0.2, 0) is 10.2 Å². The number of likely N-dealkylation sites (N-methyl/N-ethyl adjacent to an activating group) is 1. The number of hydrogen-bond donors (Lipinski definition) is 1. The van der Waals surface area contributed by atoms with Gasteiger partial charge in [0.25, 0.3) is 0 Å². The van der Waals surface area contributed by atoms with Gasteiger partial charge in [0.15, 0.2) is 0 Å². The molecule has 110 valence electrons. The van der Waals surface area contributed by atoms with Gasteiger partial charge in [-0.05, 0) is 49.8 Å². The molecule has 4 heteroatoms. The summed E-state index contributed by atoms with van der Waals surface area (Å²) < 4.78 is 1.04. The largest absolute Gasteiger partial charge is 0.396 e. The first-order chi connectivity index (χ1) is 9.60. The zero-order valence-corrected chi connectivity index (χ0v) is 13.5. The molecular formula is C16H22BrNO2. The number of rotatable bonds is 7. The normalized spacial score (nSPS) is 15.9. The number of nitrogens with zero attached hydrogens (tertiary/aromatic N) is 1. The molecule has 1 aliphatic rings. The van der Waals surface area contributed by atoms with Gasteiger partial charge in [-0.15, -0.1) is 0 Å². The Morgan fingerprint density at radius 3 is 2.45 bits per heavy atom. The van der Waals surface area contributed by atoms with Crippen LogP contribution in [0.1, 0.15) is 37.7 Å². The van der Waals surface area contributed by atoms with Crippen LogP contribution in [0, 0.1) is 0 Å². The number of hydrogen-bond acceptors (Lipinski definition) is 2. The molecule has 0 aliphatic heterocycles. The van der Waals surface area contributed by atoms with Gasteiger partial charge >= 0.3 is 0 Å². The van der Waals surface area contributed by atoms with Crippen LogP contribution in [0.15, 0.2) is 28.7 Å². The fourth-order valence-corrected chi connectivity index (χ4v) is 2.89. The van der Waals surface area contributed by atoms with Crippen LogP contribution in [0.4, 0.5) is 0 Å². The zero-order valence-electron chi connectivity index (χ0n) is 11.9. The molecule has 1 saturated carbocycles. The molecule has 1 N–H and O–H groups in total. The highest BCUT2D eigenvalue weighted by atomic mass is 79.9. The second-order valence-corrected chi connectivity index (χ2v) is 6.52. The summed E-state index contributed by atoms with van der Waals surface area (Å²) in [6, 6.07) is 8.11. The van der Waals surface area contributed by atoms with Crippen molar-refractivity contribution in [1.82, 2.24) is 4.90 Å². The van der Waals surface area contributed by atoms with E-state index in [9.17, 15) is 4.79 Å². The predicted octanol–water partition coefficient (Wildman–Crippen LogP) is 3.10. The number of carbonyl (C=O) groups excluding carboxylic acids is 1. The van der Waals surface area contributed by atoms with E-state index >= 15 is 0 Å². The van der Waals surface area contributed by atoms with Crippen molar-refractivity contribution in [1.29, 1.82) is 0 Å². The summed E-state index contributed by atoms with van der Waals surface area (Å²) >= 11 is 3.43. The maximum atomic E-state index is 12.6. The van der Waals surface area contributed by atoms with Crippen molar-refractivity contribution in [3.8, 4) is 0 Å². The lowest BCUT2D eigenvalue weighted by atomic mass is 9.94. The second-order valence-electron chi connectivity index (χ2n) is 5.60. The van der Waals surface area contributed by atoms with E-state index in [1.54, 1.807) is 0 Å². The van der Waals surface area contributed by atoms with E-state index < -0.39 is 0 Å². The Bertz CT molecular complexity index is 454. The molecule has 0 saturated heterocycles. The minimum absolute atomic E-state index is 0.237. The maximum absolute atomic E-state index is 12.6. The van der Waals surface area contributed by atoms with Crippen LogP contribution < -0.4 is 0 Å². The SMILES string of the molecule is CN(CCCCCO)C(=O)C1(c2ccc(Br)cc2)CC1. The zero-order chi connectivity index (χ0) is 14.6. The number of amides is 1. The molecule has 1 aromatic rings. The first kappa shape index (κ1) is 15.5. The molecule has 20 heavy (non-hydrogen) atoms. The molecule has 0 radical (unpaired) electrons. The Kier molecular flexibility index (Phi) is 5.22. The van der Waals surface area contributed by atoms with E-state index in [0.29, 0.717) is 0 Å². The van der Waals surface area contributed by atoms with Gasteiger partial charge in [0, 0.05) is 24.7 Å². The van der Waals surface area contributed by atoms with Crippen molar-refractivity contribution < 1.29 is 9.90 Å². The molecule has 0 spiro atoms. The molecule has 0 heterocycles. The quantitative estimate of drug-likeness (QED) is 0.775. The van der Waals surface area contributed by atoms with E-state index in [4.69, 9.17) is 5.11 Å². The van der Waals surface area contributed by atoms with Gasteiger partial charge in [-0.1, -0.05) is 28.1 Å². The standard InChI is InChI=1S/C16H22BrNO2/c1-18(11-3-2-4-12-19)15(20)16(9-10-16)13-5-7-14(17)8-6-13/h5-8,19H,2-4,9-12H2,1H3. The van der Waals surface area contributed by atoms with Crippen LogP contribution in [0.5, 0.6) is 0 Å². The first-order valence-corrected chi connectivity index (χ1v) is 8.02. The van der Waals surface area contributed by atoms with Crippen LogP contribution in [-0.4, -0.2) is 36.1 Å². The van der Waals surface area contributed by atoms with E-state index in [1.807, 2.05) is 24.1 Å². The Hall–Kier alpha value is -0.870. The van der Waals surface area contributed by atoms with Crippen LogP contribution in [0.3, 0.4) is 0 Å². The van der Waals surface area contributed by atoms with Gasteiger partial charge in [0.1, 0.15) is 0 Å². The topological polar surface area (TPSA) is 40.5 Å². The lowest BCUT2D eigenvalue weighted by Crippen LogP contribution is -2.37. The van der Waals surface area contributed by atoms with E-state index in [0.717, 1.165) is 48.7 Å². The van der Waals surface area contributed by atoms with Gasteiger partial charge in [0.05, 0.1) is 5.41 Å². The minimum Gasteiger partial charge on any atom is -0.396 e. The summed E-state index contributed by atoms with van der Waals surface area (Å²) in [5, 5.41) is 8.77. The molecule has 0 bridgehead atoms. The third-order valence-electron chi connectivity index (χ3n) is 4.05. The van der Waals surface area contributed by atoms with Gasteiger partial charge in [-0.25, -0.2) is 0 Å². The second kappa shape index (κ2) is 6.72. The molecular weight excluding hydrogens is 318 g/mol. The predicted molar refractivity (Wildman–Crippen MR) is 83.6 cm³/mol. The molecule has 2 rings (SSSR count). The summed E-state index contributed by atoms with van der Waals surface area (Å²) in [4.78, 5) is 14.5. The van der Waals surface area contributed by atoms with E-state index in [1.165, 1.54) is 0 Å². The maximum Gasteiger partial charge on any atom is 0.232 e. The highest BCUT2D eigenvalue weighted by Crippen LogP contribution is 2.49.